The van der Waals surface area contributed by atoms with E-state index in [0.29, 0.717) is 5.25 Å². The fourth-order valence-electron chi connectivity index (χ4n) is 1.60. The molecular weight excluding hydrogens is 232 g/mol. The maximum Gasteiger partial charge on any atom is 0.257 e. The van der Waals surface area contributed by atoms with Gasteiger partial charge in [-0.3, -0.25) is 0 Å². The highest BCUT2D eigenvalue weighted by atomic mass is 32.2. The SMILES string of the molecule is CCCNCC(C)Sc1nc2ccccc2o1. The number of hydrogen-bond donors (Lipinski definition) is 1. The topological polar surface area (TPSA) is 38.1 Å². The van der Waals surface area contributed by atoms with Gasteiger partial charge in [0.1, 0.15) is 5.52 Å². The molecular formula is C13H18N2OS. The number of rotatable bonds is 6. The molecule has 0 bridgehead atoms. The van der Waals surface area contributed by atoms with E-state index in [1.807, 2.05) is 24.3 Å². The van der Waals surface area contributed by atoms with E-state index in [-0.39, 0.29) is 0 Å². The molecule has 0 aliphatic heterocycles. The molecule has 4 heteroatoms. The predicted octanol–water partition coefficient (Wildman–Crippen LogP) is 3.31. The van der Waals surface area contributed by atoms with Crippen LogP contribution in [0.2, 0.25) is 0 Å². The largest absolute Gasteiger partial charge is 0.431 e. The molecule has 0 saturated carbocycles. The molecule has 0 spiro atoms. The Labute approximate surface area is 106 Å². The number of fused-ring (bicyclic) bond motifs is 1. The van der Waals surface area contributed by atoms with Gasteiger partial charge in [-0.15, -0.1) is 0 Å². The molecule has 1 N–H and O–H groups in total. The Hall–Kier alpha value is -1.00. The molecule has 0 aliphatic rings. The lowest BCUT2D eigenvalue weighted by Crippen LogP contribution is -2.23. The Balaban J connectivity index is 1.93. The molecule has 1 atom stereocenters. The van der Waals surface area contributed by atoms with E-state index in [2.05, 4.69) is 24.1 Å². The van der Waals surface area contributed by atoms with Crippen molar-refractivity contribution in [3.8, 4) is 0 Å². The van der Waals surface area contributed by atoms with E-state index in [9.17, 15) is 0 Å². The molecule has 0 saturated heterocycles. The van der Waals surface area contributed by atoms with Crippen LogP contribution in [0.3, 0.4) is 0 Å². The first kappa shape index (κ1) is 12.5. The zero-order valence-electron chi connectivity index (χ0n) is 10.3. The summed E-state index contributed by atoms with van der Waals surface area (Å²) in [4.78, 5) is 4.45. The molecule has 17 heavy (non-hydrogen) atoms. The van der Waals surface area contributed by atoms with Crippen molar-refractivity contribution in [3.63, 3.8) is 0 Å². The molecule has 1 aromatic heterocycles. The second-order valence-corrected chi connectivity index (χ2v) is 5.47. The third-order valence-electron chi connectivity index (χ3n) is 2.43. The van der Waals surface area contributed by atoms with Crippen LogP contribution in [0.4, 0.5) is 0 Å². The normalized spacial score (nSPS) is 13.1. The first-order valence-corrected chi connectivity index (χ1v) is 6.90. The number of aromatic nitrogens is 1. The van der Waals surface area contributed by atoms with Gasteiger partial charge in [-0.1, -0.05) is 37.7 Å². The Kier molecular flexibility index (Phi) is 4.45. The lowest BCUT2D eigenvalue weighted by atomic mass is 10.3. The van der Waals surface area contributed by atoms with Crippen LogP contribution in [-0.2, 0) is 0 Å². The first-order chi connectivity index (χ1) is 8.29. The summed E-state index contributed by atoms with van der Waals surface area (Å²) in [6, 6.07) is 7.87. The predicted molar refractivity (Wildman–Crippen MR) is 72.5 cm³/mol. The molecule has 92 valence electrons. The van der Waals surface area contributed by atoms with Crippen molar-refractivity contribution in [2.75, 3.05) is 13.1 Å². The van der Waals surface area contributed by atoms with Crippen molar-refractivity contribution >= 4 is 22.9 Å². The monoisotopic (exact) mass is 250 g/mol. The minimum absolute atomic E-state index is 0.467. The smallest absolute Gasteiger partial charge is 0.257 e. The van der Waals surface area contributed by atoms with Gasteiger partial charge in [0.25, 0.3) is 5.22 Å². The fraction of sp³-hybridized carbons (Fsp3) is 0.462. The van der Waals surface area contributed by atoms with Crippen molar-refractivity contribution in [1.29, 1.82) is 0 Å². The van der Waals surface area contributed by atoms with Crippen molar-refractivity contribution in [1.82, 2.24) is 10.3 Å². The highest BCUT2D eigenvalue weighted by Crippen LogP contribution is 2.26. The molecule has 0 aliphatic carbocycles. The molecule has 2 rings (SSSR count). The van der Waals surface area contributed by atoms with Gasteiger partial charge < -0.3 is 9.73 Å². The molecule has 1 unspecified atom stereocenters. The minimum atomic E-state index is 0.467. The average molecular weight is 250 g/mol. The number of nitrogens with zero attached hydrogens (tertiary/aromatic N) is 1. The summed E-state index contributed by atoms with van der Waals surface area (Å²) in [7, 11) is 0. The summed E-state index contributed by atoms with van der Waals surface area (Å²) >= 11 is 1.68. The third-order valence-corrected chi connectivity index (χ3v) is 3.38. The molecule has 1 aromatic carbocycles. The molecule has 0 radical (unpaired) electrons. The zero-order valence-corrected chi connectivity index (χ0v) is 11.1. The van der Waals surface area contributed by atoms with Crippen molar-refractivity contribution < 1.29 is 4.42 Å². The second-order valence-electron chi connectivity index (χ2n) is 4.08. The number of benzene rings is 1. The van der Waals surface area contributed by atoms with Crippen molar-refractivity contribution in [3.05, 3.63) is 24.3 Å². The molecule has 0 fully saturated rings. The maximum absolute atomic E-state index is 5.67. The van der Waals surface area contributed by atoms with Gasteiger partial charge in [0, 0.05) is 11.8 Å². The van der Waals surface area contributed by atoms with Crippen LogP contribution in [0.1, 0.15) is 20.3 Å². The highest BCUT2D eigenvalue weighted by Gasteiger charge is 2.10. The summed E-state index contributed by atoms with van der Waals surface area (Å²) in [6.45, 7) is 6.41. The van der Waals surface area contributed by atoms with Gasteiger partial charge in [0.2, 0.25) is 0 Å². The number of oxazole rings is 1. The van der Waals surface area contributed by atoms with Gasteiger partial charge in [0.05, 0.1) is 0 Å². The van der Waals surface area contributed by atoms with Crippen molar-refractivity contribution in [2.45, 2.75) is 30.7 Å². The Bertz CT molecular complexity index is 436. The van der Waals surface area contributed by atoms with Crippen LogP contribution in [0, 0.1) is 0 Å². The van der Waals surface area contributed by atoms with Crippen LogP contribution >= 0.6 is 11.8 Å². The van der Waals surface area contributed by atoms with Crippen LogP contribution < -0.4 is 5.32 Å². The minimum Gasteiger partial charge on any atom is -0.431 e. The van der Waals surface area contributed by atoms with Gasteiger partial charge in [-0.05, 0) is 25.1 Å². The van der Waals surface area contributed by atoms with E-state index < -0.39 is 0 Å². The van der Waals surface area contributed by atoms with Crippen molar-refractivity contribution in [2.24, 2.45) is 0 Å². The standard InChI is InChI=1S/C13H18N2OS/c1-3-8-14-9-10(2)17-13-15-11-6-4-5-7-12(11)16-13/h4-7,10,14H,3,8-9H2,1-2H3. The number of hydrogen-bond acceptors (Lipinski definition) is 4. The van der Waals surface area contributed by atoms with E-state index in [1.54, 1.807) is 11.8 Å². The quantitative estimate of drug-likeness (QED) is 0.630. The maximum atomic E-state index is 5.67. The van der Waals surface area contributed by atoms with E-state index in [4.69, 9.17) is 4.42 Å². The summed E-state index contributed by atoms with van der Waals surface area (Å²) in [5, 5.41) is 4.63. The fourth-order valence-corrected chi connectivity index (χ4v) is 2.43. The van der Waals surface area contributed by atoms with Crippen LogP contribution in [-0.4, -0.2) is 23.3 Å². The molecule has 1 heterocycles. The Morgan fingerprint density at radius 1 is 1.41 bits per heavy atom. The summed E-state index contributed by atoms with van der Waals surface area (Å²) in [5.74, 6) is 0. The van der Waals surface area contributed by atoms with Gasteiger partial charge >= 0.3 is 0 Å². The van der Waals surface area contributed by atoms with Gasteiger partial charge in [-0.25, -0.2) is 4.98 Å². The van der Waals surface area contributed by atoms with E-state index in [1.165, 1.54) is 6.42 Å². The van der Waals surface area contributed by atoms with Crippen LogP contribution in [0.5, 0.6) is 0 Å². The zero-order chi connectivity index (χ0) is 12.1. The van der Waals surface area contributed by atoms with E-state index in [0.717, 1.165) is 29.4 Å². The summed E-state index contributed by atoms with van der Waals surface area (Å²) < 4.78 is 5.67. The lowest BCUT2D eigenvalue weighted by molar-refractivity contribution is 0.487. The van der Waals surface area contributed by atoms with E-state index >= 15 is 0 Å². The second kappa shape index (κ2) is 6.07. The number of nitrogens with one attached hydrogen (secondary N) is 1. The Morgan fingerprint density at radius 2 is 2.24 bits per heavy atom. The molecule has 3 nitrogen and oxygen atoms in total. The highest BCUT2D eigenvalue weighted by molar-refractivity contribution is 7.99. The number of thioether (sulfide) groups is 1. The Morgan fingerprint density at radius 3 is 3.00 bits per heavy atom. The average Bonchev–Trinajstić information content (AvgIpc) is 2.71. The summed E-state index contributed by atoms with van der Waals surface area (Å²) in [5.41, 5.74) is 1.80. The van der Waals surface area contributed by atoms with Gasteiger partial charge in [0.15, 0.2) is 5.58 Å². The third kappa shape index (κ3) is 3.48. The van der Waals surface area contributed by atoms with Crippen LogP contribution in [0.15, 0.2) is 33.9 Å². The molecule has 0 amide bonds. The van der Waals surface area contributed by atoms with Crippen LogP contribution in [0.25, 0.3) is 11.1 Å². The number of para-hydroxylation sites is 2. The molecule has 2 aromatic rings. The first-order valence-electron chi connectivity index (χ1n) is 6.02. The lowest BCUT2D eigenvalue weighted by Gasteiger charge is -2.08. The van der Waals surface area contributed by atoms with Gasteiger partial charge in [-0.2, -0.15) is 0 Å². The summed E-state index contributed by atoms with van der Waals surface area (Å²) in [6.07, 6.45) is 1.17.